The van der Waals surface area contributed by atoms with Gasteiger partial charge in [0.25, 0.3) is 0 Å². The monoisotopic (exact) mass is 202 g/mol. The van der Waals surface area contributed by atoms with Crippen LogP contribution in [0.15, 0.2) is 30.4 Å². The van der Waals surface area contributed by atoms with E-state index in [1.807, 2.05) is 6.07 Å². The van der Waals surface area contributed by atoms with Gasteiger partial charge in [0.05, 0.1) is 17.3 Å². The maximum absolute atomic E-state index is 13.5. The summed E-state index contributed by atoms with van der Waals surface area (Å²) in [6, 6.07) is 6.68. The van der Waals surface area contributed by atoms with Crippen molar-refractivity contribution in [2.75, 3.05) is 5.32 Å². The second-order valence-corrected chi connectivity index (χ2v) is 3.59. The second-order valence-electron chi connectivity index (χ2n) is 3.59. The van der Waals surface area contributed by atoms with E-state index < -0.39 is 0 Å². The van der Waals surface area contributed by atoms with E-state index in [9.17, 15) is 4.39 Å². The Morgan fingerprint density at radius 3 is 2.67 bits per heavy atom. The number of hydrogen-bond acceptors (Lipinski definition) is 2. The van der Waals surface area contributed by atoms with Crippen molar-refractivity contribution in [2.45, 2.75) is 18.9 Å². The van der Waals surface area contributed by atoms with Crippen LogP contribution in [0.1, 0.15) is 18.4 Å². The summed E-state index contributed by atoms with van der Waals surface area (Å²) >= 11 is 0. The van der Waals surface area contributed by atoms with Gasteiger partial charge in [0.1, 0.15) is 5.82 Å². The van der Waals surface area contributed by atoms with Crippen LogP contribution in [0, 0.1) is 17.1 Å². The highest BCUT2D eigenvalue weighted by Gasteiger charge is 2.12. The van der Waals surface area contributed by atoms with Gasteiger partial charge >= 0.3 is 0 Å². The van der Waals surface area contributed by atoms with Crippen LogP contribution >= 0.6 is 0 Å². The third-order valence-electron chi connectivity index (χ3n) is 2.47. The molecule has 0 spiro atoms. The van der Waals surface area contributed by atoms with Crippen molar-refractivity contribution < 1.29 is 4.39 Å². The van der Waals surface area contributed by atoms with Crippen LogP contribution in [-0.4, -0.2) is 6.04 Å². The molecule has 1 N–H and O–H groups in total. The van der Waals surface area contributed by atoms with Crippen molar-refractivity contribution in [1.82, 2.24) is 0 Å². The zero-order valence-electron chi connectivity index (χ0n) is 8.20. The summed E-state index contributed by atoms with van der Waals surface area (Å²) in [6.07, 6.45) is 6.03. The molecule has 0 atom stereocenters. The molecule has 1 aliphatic rings. The molecule has 0 unspecified atom stereocenters. The number of nitriles is 1. The predicted octanol–water partition coefficient (Wildman–Crippen LogP) is 2.83. The molecule has 0 amide bonds. The molecule has 0 aliphatic heterocycles. The van der Waals surface area contributed by atoms with E-state index in [0.29, 0.717) is 11.3 Å². The van der Waals surface area contributed by atoms with E-state index >= 15 is 0 Å². The van der Waals surface area contributed by atoms with E-state index in [4.69, 9.17) is 5.26 Å². The summed E-state index contributed by atoms with van der Waals surface area (Å²) in [5, 5.41) is 11.7. The fourth-order valence-corrected chi connectivity index (χ4v) is 1.66. The fraction of sp³-hybridized carbons (Fsp3) is 0.250. The molecule has 0 radical (unpaired) electrons. The van der Waals surface area contributed by atoms with Crippen LogP contribution in [-0.2, 0) is 0 Å². The van der Waals surface area contributed by atoms with Gasteiger partial charge in [-0.1, -0.05) is 12.2 Å². The number of benzene rings is 1. The normalized spacial score (nSPS) is 15.2. The van der Waals surface area contributed by atoms with E-state index in [-0.39, 0.29) is 11.9 Å². The average molecular weight is 202 g/mol. The van der Waals surface area contributed by atoms with Crippen molar-refractivity contribution >= 4 is 5.69 Å². The molecule has 1 aliphatic carbocycles. The Balaban J connectivity index is 2.12. The standard InChI is InChI=1S/C12H11FN2/c13-11-7-9(8-14)5-6-12(11)15-10-3-1-2-4-10/h1-2,5-7,10,15H,3-4H2. The van der Waals surface area contributed by atoms with Crippen molar-refractivity contribution in [1.29, 1.82) is 5.26 Å². The van der Waals surface area contributed by atoms with Gasteiger partial charge in [-0.2, -0.15) is 5.26 Å². The lowest BCUT2D eigenvalue weighted by Gasteiger charge is -2.14. The molecule has 15 heavy (non-hydrogen) atoms. The molecule has 2 rings (SSSR count). The molecular weight excluding hydrogens is 191 g/mol. The summed E-state index contributed by atoms with van der Waals surface area (Å²) in [5.41, 5.74) is 0.824. The van der Waals surface area contributed by atoms with Crippen LogP contribution in [0.3, 0.4) is 0 Å². The minimum atomic E-state index is -0.360. The number of rotatable bonds is 2. The van der Waals surface area contributed by atoms with Gasteiger partial charge in [-0.3, -0.25) is 0 Å². The highest BCUT2D eigenvalue weighted by Crippen LogP contribution is 2.20. The summed E-state index contributed by atoms with van der Waals surface area (Å²) in [4.78, 5) is 0. The fourth-order valence-electron chi connectivity index (χ4n) is 1.66. The SMILES string of the molecule is N#Cc1ccc(NC2CC=CC2)c(F)c1. The lowest BCUT2D eigenvalue weighted by Crippen LogP contribution is -2.15. The summed E-state index contributed by atoms with van der Waals surface area (Å²) in [5.74, 6) is -0.360. The third-order valence-corrected chi connectivity index (χ3v) is 2.47. The number of anilines is 1. The molecule has 0 fully saturated rings. The zero-order chi connectivity index (χ0) is 10.7. The number of halogens is 1. The largest absolute Gasteiger partial charge is 0.379 e. The molecule has 76 valence electrons. The summed E-state index contributed by atoms with van der Waals surface area (Å²) < 4.78 is 13.5. The molecule has 0 heterocycles. The Bertz CT molecular complexity index is 424. The molecule has 0 saturated carbocycles. The highest BCUT2D eigenvalue weighted by molar-refractivity contribution is 5.49. The first-order chi connectivity index (χ1) is 7.29. The van der Waals surface area contributed by atoms with Crippen LogP contribution in [0.25, 0.3) is 0 Å². The first-order valence-electron chi connectivity index (χ1n) is 4.91. The molecule has 0 aromatic heterocycles. The molecule has 3 heteroatoms. The molecule has 1 aromatic carbocycles. The van der Waals surface area contributed by atoms with Crippen LogP contribution in [0.2, 0.25) is 0 Å². The van der Waals surface area contributed by atoms with Crippen molar-refractivity contribution in [3.63, 3.8) is 0 Å². The molecule has 2 nitrogen and oxygen atoms in total. The van der Waals surface area contributed by atoms with Gasteiger partial charge in [-0.15, -0.1) is 0 Å². The van der Waals surface area contributed by atoms with Gasteiger partial charge in [0.15, 0.2) is 0 Å². The lowest BCUT2D eigenvalue weighted by atomic mass is 10.2. The van der Waals surface area contributed by atoms with Gasteiger partial charge in [0, 0.05) is 6.04 Å². The Hall–Kier alpha value is -1.82. The molecular formula is C12H11FN2. The topological polar surface area (TPSA) is 35.8 Å². The van der Waals surface area contributed by atoms with E-state index in [1.54, 1.807) is 12.1 Å². The highest BCUT2D eigenvalue weighted by atomic mass is 19.1. The van der Waals surface area contributed by atoms with Crippen LogP contribution in [0.4, 0.5) is 10.1 Å². The average Bonchev–Trinajstić information content (AvgIpc) is 2.74. The summed E-state index contributed by atoms with van der Waals surface area (Å²) in [7, 11) is 0. The number of hydrogen-bond donors (Lipinski definition) is 1. The van der Waals surface area contributed by atoms with Gasteiger partial charge < -0.3 is 5.32 Å². The van der Waals surface area contributed by atoms with E-state index in [0.717, 1.165) is 12.8 Å². The molecule has 0 saturated heterocycles. The van der Waals surface area contributed by atoms with Crippen molar-refractivity contribution in [3.8, 4) is 6.07 Å². The predicted molar refractivity (Wildman–Crippen MR) is 56.9 cm³/mol. The molecule has 1 aromatic rings. The summed E-state index contributed by atoms with van der Waals surface area (Å²) in [6.45, 7) is 0. The number of nitrogens with zero attached hydrogens (tertiary/aromatic N) is 1. The van der Waals surface area contributed by atoms with Crippen LogP contribution < -0.4 is 5.32 Å². The van der Waals surface area contributed by atoms with E-state index in [2.05, 4.69) is 17.5 Å². The van der Waals surface area contributed by atoms with E-state index in [1.165, 1.54) is 6.07 Å². The Morgan fingerprint density at radius 1 is 1.33 bits per heavy atom. The first kappa shape index (κ1) is 9.72. The van der Waals surface area contributed by atoms with Gasteiger partial charge in [0.2, 0.25) is 0 Å². The maximum atomic E-state index is 13.5. The zero-order valence-corrected chi connectivity index (χ0v) is 8.20. The quantitative estimate of drug-likeness (QED) is 0.748. The second kappa shape index (κ2) is 4.14. The van der Waals surface area contributed by atoms with Crippen LogP contribution in [0.5, 0.6) is 0 Å². The maximum Gasteiger partial charge on any atom is 0.147 e. The van der Waals surface area contributed by atoms with Gasteiger partial charge in [-0.25, -0.2) is 4.39 Å². The third kappa shape index (κ3) is 2.16. The first-order valence-corrected chi connectivity index (χ1v) is 4.91. The number of nitrogens with one attached hydrogen (secondary N) is 1. The minimum absolute atomic E-state index is 0.285. The molecule has 0 bridgehead atoms. The lowest BCUT2D eigenvalue weighted by molar-refractivity contribution is 0.625. The van der Waals surface area contributed by atoms with Crippen molar-refractivity contribution in [2.24, 2.45) is 0 Å². The van der Waals surface area contributed by atoms with Gasteiger partial charge in [-0.05, 0) is 31.0 Å². The Kier molecular flexibility index (Phi) is 2.68. The smallest absolute Gasteiger partial charge is 0.147 e. The minimum Gasteiger partial charge on any atom is -0.379 e. The Morgan fingerprint density at radius 2 is 2.07 bits per heavy atom. The van der Waals surface area contributed by atoms with Crippen molar-refractivity contribution in [3.05, 3.63) is 41.7 Å². The Labute approximate surface area is 88.0 Å².